The summed E-state index contributed by atoms with van der Waals surface area (Å²) >= 11 is 2.18. The number of anilines is 1. The molecule has 1 fully saturated rings. The Morgan fingerprint density at radius 3 is 3.24 bits per heavy atom. The van der Waals surface area contributed by atoms with Crippen LogP contribution in [-0.2, 0) is 4.79 Å². The number of hydrogen-bond donors (Lipinski definition) is 0. The maximum Gasteiger partial charge on any atom is 0.227 e. The fourth-order valence-corrected chi connectivity index (χ4v) is 2.45. The molecule has 1 unspecified atom stereocenters. The standard InChI is InChI=1S/C10H10IN5O/c11-8-1-2-13-5-9(8)16-6-7(3-10(16)17)4-14-15-12/h1-2,5,7H,3-4,6H2. The van der Waals surface area contributed by atoms with Crippen LogP contribution in [0.5, 0.6) is 0 Å². The normalized spacial score (nSPS) is 19.2. The van der Waals surface area contributed by atoms with Gasteiger partial charge in [0.15, 0.2) is 0 Å². The fourth-order valence-electron chi connectivity index (χ4n) is 1.86. The quantitative estimate of drug-likeness (QED) is 0.365. The Kier molecular flexibility index (Phi) is 3.80. The minimum Gasteiger partial charge on any atom is -0.310 e. The van der Waals surface area contributed by atoms with E-state index in [4.69, 9.17) is 5.53 Å². The van der Waals surface area contributed by atoms with E-state index < -0.39 is 0 Å². The Balaban J connectivity index is 2.16. The van der Waals surface area contributed by atoms with Gasteiger partial charge in [-0.15, -0.1) is 0 Å². The molecule has 0 saturated carbocycles. The van der Waals surface area contributed by atoms with Crippen molar-refractivity contribution in [2.75, 3.05) is 18.0 Å². The summed E-state index contributed by atoms with van der Waals surface area (Å²) < 4.78 is 0.996. The lowest BCUT2D eigenvalue weighted by Gasteiger charge is -2.17. The highest BCUT2D eigenvalue weighted by atomic mass is 127. The topological polar surface area (TPSA) is 82.0 Å². The lowest BCUT2D eigenvalue weighted by Crippen LogP contribution is -2.25. The number of azide groups is 1. The molecule has 0 N–H and O–H groups in total. The summed E-state index contributed by atoms with van der Waals surface area (Å²) in [5.41, 5.74) is 9.10. The molecule has 0 bridgehead atoms. The average Bonchev–Trinajstić information content (AvgIpc) is 2.68. The second-order valence-corrected chi connectivity index (χ2v) is 4.98. The number of hydrogen-bond acceptors (Lipinski definition) is 3. The lowest BCUT2D eigenvalue weighted by atomic mass is 10.1. The van der Waals surface area contributed by atoms with Crippen LogP contribution >= 0.6 is 22.6 Å². The van der Waals surface area contributed by atoms with Crippen molar-refractivity contribution >= 4 is 34.2 Å². The summed E-state index contributed by atoms with van der Waals surface area (Å²) in [6.07, 6.45) is 3.82. The van der Waals surface area contributed by atoms with Crippen LogP contribution in [0.3, 0.4) is 0 Å². The van der Waals surface area contributed by atoms with Crippen LogP contribution in [0.15, 0.2) is 23.6 Å². The number of nitrogens with zero attached hydrogens (tertiary/aromatic N) is 5. The van der Waals surface area contributed by atoms with Crippen molar-refractivity contribution in [1.29, 1.82) is 0 Å². The summed E-state index contributed by atoms with van der Waals surface area (Å²) in [4.78, 5) is 20.3. The lowest BCUT2D eigenvalue weighted by molar-refractivity contribution is -0.117. The van der Waals surface area contributed by atoms with Gasteiger partial charge >= 0.3 is 0 Å². The number of halogens is 1. The van der Waals surface area contributed by atoms with E-state index in [1.54, 1.807) is 17.3 Å². The first-order chi connectivity index (χ1) is 8.22. The second kappa shape index (κ2) is 5.33. The van der Waals surface area contributed by atoms with Crippen LogP contribution in [0.1, 0.15) is 6.42 Å². The van der Waals surface area contributed by atoms with Crippen molar-refractivity contribution in [1.82, 2.24) is 4.98 Å². The number of amides is 1. The van der Waals surface area contributed by atoms with E-state index in [9.17, 15) is 4.79 Å². The van der Waals surface area contributed by atoms with Gasteiger partial charge in [0.2, 0.25) is 5.91 Å². The van der Waals surface area contributed by atoms with Crippen molar-refractivity contribution in [2.45, 2.75) is 6.42 Å². The molecule has 2 rings (SSSR count). The molecule has 0 aliphatic carbocycles. The summed E-state index contributed by atoms with van der Waals surface area (Å²) in [5.74, 6) is 0.170. The molecule has 1 aromatic rings. The molecular weight excluding hydrogens is 333 g/mol. The third-order valence-corrected chi connectivity index (χ3v) is 3.56. The van der Waals surface area contributed by atoms with E-state index in [-0.39, 0.29) is 11.8 Å². The minimum absolute atomic E-state index is 0.0639. The molecule has 1 aliphatic heterocycles. The molecular formula is C10H10IN5O. The largest absolute Gasteiger partial charge is 0.310 e. The van der Waals surface area contributed by atoms with Crippen LogP contribution in [-0.4, -0.2) is 24.0 Å². The Bertz CT molecular complexity index is 485. The molecule has 1 atom stereocenters. The first-order valence-corrected chi connectivity index (χ1v) is 6.21. The Labute approximate surface area is 112 Å². The van der Waals surface area contributed by atoms with Crippen LogP contribution < -0.4 is 4.90 Å². The molecule has 1 aliphatic rings. The molecule has 1 amide bonds. The van der Waals surface area contributed by atoms with Gasteiger partial charge in [-0.1, -0.05) is 5.11 Å². The Morgan fingerprint density at radius 2 is 2.53 bits per heavy atom. The van der Waals surface area contributed by atoms with Gasteiger partial charge in [-0.3, -0.25) is 9.78 Å². The minimum atomic E-state index is 0.0639. The molecule has 1 aromatic heterocycles. The Hall–Kier alpha value is -1.34. The van der Waals surface area contributed by atoms with Gasteiger partial charge in [0.1, 0.15) is 0 Å². The third kappa shape index (κ3) is 2.67. The number of carbonyl (C=O) groups excluding carboxylic acids is 1. The van der Waals surface area contributed by atoms with E-state index in [0.717, 1.165) is 9.26 Å². The van der Waals surface area contributed by atoms with E-state index in [2.05, 4.69) is 37.6 Å². The van der Waals surface area contributed by atoms with Crippen molar-refractivity contribution in [3.05, 3.63) is 32.5 Å². The van der Waals surface area contributed by atoms with Crippen molar-refractivity contribution in [3.8, 4) is 0 Å². The van der Waals surface area contributed by atoms with Crippen molar-refractivity contribution in [2.24, 2.45) is 11.0 Å². The number of rotatable bonds is 3. The molecule has 0 aromatic carbocycles. The smallest absolute Gasteiger partial charge is 0.227 e. The zero-order chi connectivity index (χ0) is 12.3. The summed E-state index contributed by atoms with van der Waals surface area (Å²) in [7, 11) is 0. The van der Waals surface area contributed by atoms with Crippen LogP contribution in [0.4, 0.5) is 5.69 Å². The SMILES string of the molecule is [N-]=[N+]=NCC1CC(=O)N(c2cnccc2I)C1. The molecule has 1 saturated heterocycles. The van der Waals surface area contributed by atoms with Crippen molar-refractivity contribution < 1.29 is 4.79 Å². The zero-order valence-electron chi connectivity index (χ0n) is 8.95. The van der Waals surface area contributed by atoms with Crippen LogP contribution in [0, 0.1) is 9.49 Å². The van der Waals surface area contributed by atoms with E-state index in [1.807, 2.05) is 6.07 Å². The van der Waals surface area contributed by atoms with Crippen molar-refractivity contribution in [3.63, 3.8) is 0 Å². The van der Waals surface area contributed by atoms with Crippen LogP contribution in [0.25, 0.3) is 10.4 Å². The predicted octanol–water partition coefficient (Wildman–Crippen LogP) is 2.35. The number of aromatic nitrogens is 1. The Morgan fingerprint density at radius 1 is 1.71 bits per heavy atom. The first kappa shape index (κ1) is 12.1. The van der Waals surface area contributed by atoms with Gasteiger partial charge in [-0.25, -0.2) is 0 Å². The summed E-state index contributed by atoms with van der Waals surface area (Å²) in [5, 5.41) is 3.52. The van der Waals surface area contributed by atoms with E-state index in [0.29, 0.717) is 19.5 Å². The molecule has 2 heterocycles. The van der Waals surface area contributed by atoms with Gasteiger partial charge < -0.3 is 4.90 Å². The highest BCUT2D eigenvalue weighted by molar-refractivity contribution is 14.1. The highest BCUT2D eigenvalue weighted by Crippen LogP contribution is 2.28. The molecule has 0 spiro atoms. The predicted molar refractivity (Wildman–Crippen MR) is 71.4 cm³/mol. The molecule has 7 heteroatoms. The van der Waals surface area contributed by atoms with Gasteiger partial charge in [-0.05, 0) is 40.1 Å². The molecule has 0 radical (unpaired) electrons. The van der Waals surface area contributed by atoms with Gasteiger partial charge in [-0.2, -0.15) is 0 Å². The van der Waals surface area contributed by atoms with E-state index in [1.165, 1.54) is 0 Å². The number of pyridine rings is 1. The van der Waals surface area contributed by atoms with Crippen LogP contribution in [0.2, 0.25) is 0 Å². The van der Waals surface area contributed by atoms with E-state index >= 15 is 0 Å². The summed E-state index contributed by atoms with van der Waals surface area (Å²) in [6, 6.07) is 1.87. The maximum atomic E-state index is 11.9. The molecule has 17 heavy (non-hydrogen) atoms. The van der Waals surface area contributed by atoms with Gasteiger partial charge in [0.05, 0.1) is 11.9 Å². The average molecular weight is 343 g/mol. The zero-order valence-corrected chi connectivity index (χ0v) is 11.1. The second-order valence-electron chi connectivity index (χ2n) is 3.82. The maximum absolute atomic E-state index is 11.9. The third-order valence-electron chi connectivity index (χ3n) is 2.65. The molecule has 6 nitrogen and oxygen atoms in total. The fraction of sp³-hybridized carbons (Fsp3) is 0.400. The molecule has 88 valence electrons. The number of carbonyl (C=O) groups is 1. The highest BCUT2D eigenvalue weighted by Gasteiger charge is 2.31. The van der Waals surface area contributed by atoms with Gasteiger partial charge in [0.25, 0.3) is 0 Å². The first-order valence-electron chi connectivity index (χ1n) is 5.13. The van der Waals surface area contributed by atoms with Gasteiger partial charge in [0, 0.05) is 34.2 Å². The summed E-state index contributed by atoms with van der Waals surface area (Å²) in [6.45, 7) is 0.967. The monoisotopic (exact) mass is 343 g/mol.